The second kappa shape index (κ2) is 6.48. The van der Waals surface area contributed by atoms with Crippen LogP contribution in [0.2, 0.25) is 0 Å². The number of likely N-dealkylation sites (N-methyl/N-ethyl adjacent to an activating group) is 1. The first-order valence-corrected chi connectivity index (χ1v) is 5.62. The molecule has 0 rings (SSSR count). The fraction of sp³-hybridized carbons (Fsp3) is 0.818. The molecular formula is C11H23N3O2. The Labute approximate surface area is 97.4 Å². The first kappa shape index (κ1) is 14.9. The van der Waals surface area contributed by atoms with E-state index in [2.05, 4.69) is 5.32 Å². The molecular weight excluding hydrogens is 206 g/mol. The van der Waals surface area contributed by atoms with Crippen LogP contribution in [0.4, 0.5) is 0 Å². The molecule has 2 atom stereocenters. The van der Waals surface area contributed by atoms with Crippen LogP contribution in [-0.4, -0.2) is 42.4 Å². The third-order valence-electron chi connectivity index (χ3n) is 2.60. The number of nitrogens with two attached hydrogens (primary N) is 1. The summed E-state index contributed by atoms with van der Waals surface area (Å²) < 4.78 is 0. The lowest BCUT2D eigenvalue weighted by Gasteiger charge is -2.23. The Kier molecular flexibility index (Phi) is 6.03. The standard InChI is InChI=1S/C11H23N3O2/c1-6-14(5)11(16)8(4)13-10(15)9(12)7(2)3/h7-9H,6,12H2,1-5H3,(H,13,15)/t8?,9-/m1/s1. The van der Waals surface area contributed by atoms with Crippen LogP contribution < -0.4 is 11.1 Å². The minimum absolute atomic E-state index is 0.0613. The van der Waals surface area contributed by atoms with Gasteiger partial charge in [0.25, 0.3) is 0 Å². The van der Waals surface area contributed by atoms with E-state index < -0.39 is 12.1 Å². The number of carbonyl (C=O) groups excluding carboxylic acids is 2. The molecule has 5 heteroatoms. The van der Waals surface area contributed by atoms with Gasteiger partial charge in [0, 0.05) is 13.6 Å². The van der Waals surface area contributed by atoms with Crippen LogP contribution in [-0.2, 0) is 9.59 Å². The zero-order valence-electron chi connectivity index (χ0n) is 10.8. The maximum absolute atomic E-state index is 11.7. The molecule has 5 nitrogen and oxygen atoms in total. The van der Waals surface area contributed by atoms with E-state index in [1.54, 1.807) is 18.9 Å². The average Bonchev–Trinajstić information content (AvgIpc) is 2.25. The molecule has 0 saturated heterocycles. The van der Waals surface area contributed by atoms with Crippen LogP contribution in [0.15, 0.2) is 0 Å². The third-order valence-corrected chi connectivity index (χ3v) is 2.60. The fourth-order valence-corrected chi connectivity index (χ4v) is 1.16. The maximum atomic E-state index is 11.7. The molecule has 0 radical (unpaired) electrons. The number of hydrogen-bond donors (Lipinski definition) is 2. The predicted octanol–water partition coefficient (Wildman–Crippen LogP) is -0.0473. The van der Waals surface area contributed by atoms with Crippen molar-refractivity contribution in [3.63, 3.8) is 0 Å². The molecule has 0 saturated carbocycles. The number of carbonyl (C=O) groups is 2. The maximum Gasteiger partial charge on any atom is 0.244 e. The predicted molar refractivity (Wildman–Crippen MR) is 63.7 cm³/mol. The highest BCUT2D eigenvalue weighted by molar-refractivity contribution is 5.89. The van der Waals surface area contributed by atoms with Crippen molar-refractivity contribution in [3.8, 4) is 0 Å². The first-order chi connectivity index (χ1) is 7.31. The molecule has 0 aromatic rings. The molecule has 0 aromatic carbocycles. The fourth-order valence-electron chi connectivity index (χ4n) is 1.16. The SMILES string of the molecule is CCN(C)C(=O)C(C)NC(=O)[C@H](N)C(C)C. The first-order valence-electron chi connectivity index (χ1n) is 5.62. The average molecular weight is 229 g/mol. The highest BCUT2D eigenvalue weighted by atomic mass is 16.2. The number of nitrogens with zero attached hydrogens (tertiary/aromatic N) is 1. The summed E-state index contributed by atoms with van der Waals surface area (Å²) in [5, 5.41) is 2.62. The van der Waals surface area contributed by atoms with Gasteiger partial charge in [0.2, 0.25) is 11.8 Å². The summed E-state index contributed by atoms with van der Waals surface area (Å²) in [6.07, 6.45) is 0. The van der Waals surface area contributed by atoms with Gasteiger partial charge in [-0.25, -0.2) is 0 Å². The van der Waals surface area contributed by atoms with Gasteiger partial charge in [0.05, 0.1) is 6.04 Å². The summed E-state index contributed by atoms with van der Waals surface area (Å²) in [4.78, 5) is 24.8. The van der Waals surface area contributed by atoms with Gasteiger partial charge in [-0.15, -0.1) is 0 Å². The number of nitrogens with one attached hydrogen (secondary N) is 1. The summed E-state index contributed by atoms with van der Waals surface area (Å²) in [7, 11) is 1.70. The lowest BCUT2D eigenvalue weighted by atomic mass is 10.0. The van der Waals surface area contributed by atoms with Gasteiger partial charge < -0.3 is 16.0 Å². The van der Waals surface area contributed by atoms with E-state index in [9.17, 15) is 9.59 Å². The summed E-state index contributed by atoms with van der Waals surface area (Å²) in [6.45, 7) is 7.91. The zero-order valence-corrected chi connectivity index (χ0v) is 10.8. The summed E-state index contributed by atoms with van der Waals surface area (Å²) in [5.74, 6) is -0.321. The molecule has 1 unspecified atom stereocenters. The topological polar surface area (TPSA) is 75.4 Å². The third kappa shape index (κ3) is 4.18. The van der Waals surface area contributed by atoms with Crippen LogP contribution >= 0.6 is 0 Å². The second-order valence-electron chi connectivity index (χ2n) is 4.35. The van der Waals surface area contributed by atoms with E-state index in [-0.39, 0.29) is 17.7 Å². The molecule has 0 bridgehead atoms. The summed E-state index contributed by atoms with van der Waals surface area (Å²) >= 11 is 0. The van der Waals surface area contributed by atoms with E-state index in [1.165, 1.54) is 0 Å². The van der Waals surface area contributed by atoms with E-state index in [4.69, 9.17) is 5.73 Å². The van der Waals surface area contributed by atoms with Crippen LogP contribution in [0.5, 0.6) is 0 Å². The number of rotatable bonds is 5. The molecule has 2 amide bonds. The number of amides is 2. The van der Waals surface area contributed by atoms with Crippen molar-refractivity contribution >= 4 is 11.8 Å². The Hall–Kier alpha value is -1.10. The molecule has 94 valence electrons. The van der Waals surface area contributed by atoms with Crippen molar-refractivity contribution in [3.05, 3.63) is 0 Å². The van der Waals surface area contributed by atoms with Gasteiger partial charge in [-0.1, -0.05) is 13.8 Å². The van der Waals surface area contributed by atoms with Crippen molar-refractivity contribution in [1.82, 2.24) is 10.2 Å². The molecule has 0 aromatic heterocycles. The highest BCUT2D eigenvalue weighted by Crippen LogP contribution is 1.99. The van der Waals surface area contributed by atoms with Gasteiger partial charge in [0.1, 0.15) is 6.04 Å². The Bertz CT molecular complexity index is 254. The second-order valence-corrected chi connectivity index (χ2v) is 4.35. The van der Waals surface area contributed by atoms with Gasteiger partial charge >= 0.3 is 0 Å². The van der Waals surface area contributed by atoms with Crippen LogP contribution in [0.1, 0.15) is 27.7 Å². The normalized spacial score (nSPS) is 14.4. The Morgan fingerprint density at radius 3 is 2.19 bits per heavy atom. The Morgan fingerprint density at radius 2 is 1.81 bits per heavy atom. The number of hydrogen-bond acceptors (Lipinski definition) is 3. The molecule has 0 spiro atoms. The molecule has 0 fully saturated rings. The van der Waals surface area contributed by atoms with Crippen LogP contribution in [0.25, 0.3) is 0 Å². The van der Waals surface area contributed by atoms with Gasteiger partial charge in [-0.3, -0.25) is 9.59 Å². The quantitative estimate of drug-likeness (QED) is 0.694. The smallest absolute Gasteiger partial charge is 0.244 e. The molecule has 0 aliphatic heterocycles. The summed E-state index contributed by atoms with van der Waals surface area (Å²) in [5.41, 5.74) is 5.68. The highest BCUT2D eigenvalue weighted by Gasteiger charge is 2.23. The van der Waals surface area contributed by atoms with Crippen molar-refractivity contribution in [2.45, 2.75) is 39.8 Å². The summed E-state index contributed by atoms with van der Waals surface area (Å²) in [6, 6.07) is -1.09. The van der Waals surface area contributed by atoms with E-state index in [0.29, 0.717) is 6.54 Å². The van der Waals surface area contributed by atoms with Crippen molar-refractivity contribution in [2.24, 2.45) is 11.7 Å². The Morgan fingerprint density at radius 1 is 1.31 bits per heavy atom. The molecule has 16 heavy (non-hydrogen) atoms. The largest absolute Gasteiger partial charge is 0.344 e. The van der Waals surface area contributed by atoms with E-state index in [1.807, 2.05) is 20.8 Å². The molecule has 3 N–H and O–H groups in total. The van der Waals surface area contributed by atoms with E-state index >= 15 is 0 Å². The van der Waals surface area contributed by atoms with Gasteiger partial charge in [0.15, 0.2) is 0 Å². The minimum Gasteiger partial charge on any atom is -0.344 e. The van der Waals surface area contributed by atoms with Gasteiger partial charge in [-0.2, -0.15) is 0 Å². The monoisotopic (exact) mass is 229 g/mol. The van der Waals surface area contributed by atoms with Crippen LogP contribution in [0.3, 0.4) is 0 Å². The van der Waals surface area contributed by atoms with Crippen molar-refractivity contribution < 1.29 is 9.59 Å². The zero-order chi connectivity index (χ0) is 12.9. The molecule has 0 aliphatic carbocycles. The lowest BCUT2D eigenvalue weighted by Crippen LogP contribution is -2.51. The molecule has 0 aliphatic rings. The van der Waals surface area contributed by atoms with Gasteiger partial charge in [-0.05, 0) is 19.8 Å². The van der Waals surface area contributed by atoms with Crippen molar-refractivity contribution in [2.75, 3.05) is 13.6 Å². The lowest BCUT2D eigenvalue weighted by molar-refractivity contribution is -0.135. The van der Waals surface area contributed by atoms with Crippen molar-refractivity contribution in [1.29, 1.82) is 0 Å². The minimum atomic E-state index is -0.567. The van der Waals surface area contributed by atoms with Crippen LogP contribution in [0, 0.1) is 5.92 Å². The van der Waals surface area contributed by atoms with E-state index in [0.717, 1.165) is 0 Å². The molecule has 0 heterocycles. The Balaban J connectivity index is 4.29.